The maximum absolute atomic E-state index is 10.3. The molecule has 0 aromatic heterocycles. The predicted molar refractivity (Wildman–Crippen MR) is 99.0 cm³/mol. The van der Waals surface area contributed by atoms with Gasteiger partial charge in [0.25, 0.3) is 0 Å². The molecular formula is C22H16O2. The maximum Gasteiger partial charge on any atom is 0.109 e. The van der Waals surface area contributed by atoms with Crippen LogP contribution in [0.2, 0.25) is 0 Å². The molecule has 4 aromatic carbocycles. The van der Waals surface area contributed by atoms with Crippen molar-refractivity contribution in [3.63, 3.8) is 0 Å². The molecule has 4 aromatic rings. The van der Waals surface area contributed by atoms with Crippen LogP contribution in [0, 0.1) is 0 Å². The van der Waals surface area contributed by atoms with E-state index in [-0.39, 0.29) is 0 Å². The molecule has 2 nitrogen and oxygen atoms in total. The van der Waals surface area contributed by atoms with E-state index in [2.05, 4.69) is 48.5 Å². The van der Waals surface area contributed by atoms with Gasteiger partial charge in [-0.3, -0.25) is 0 Å². The van der Waals surface area contributed by atoms with Gasteiger partial charge in [0.1, 0.15) is 12.2 Å². The zero-order valence-corrected chi connectivity index (χ0v) is 13.0. The second-order valence-corrected chi connectivity index (χ2v) is 6.41. The smallest absolute Gasteiger partial charge is 0.109 e. The fraction of sp³-hybridized carbons (Fsp3) is 0.0909. The van der Waals surface area contributed by atoms with Crippen LogP contribution >= 0.6 is 0 Å². The van der Waals surface area contributed by atoms with Crippen molar-refractivity contribution in [3.8, 4) is 0 Å². The number of fused-ring (bicyclic) bond motifs is 7. The number of aliphatic hydroxyl groups excluding tert-OH is 2. The molecule has 5 rings (SSSR count). The lowest BCUT2D eigenvalue weighted by Gasteiger charge is -2.23. The number of hydrogen-bond acceptors (Lipinski definition) is 2. The molecule has 2 atom stereocenters. The Hall–Kier alpha value is -2.68. The van der Waals surface area contributed by atoms with E-state index in [1.165, 1.54) is 21.5 Å². The third-order valence-corrected chi connectivity index (χ3v) is 5.08. The summed E-state index contributed by atoms with van der Waals surface area (Å²) in [5.41, 5.74) is 1.80. The molecule has 0 saturated carbocycles. The van der Waals surface area contributed by atoms with Gasteiger partial charge in [-0.25, -0.2) is 0 Å². The van der Waals surface area contributed by atoms with E-state index in [9.17, 15) is 10.2 Å². The Morgan fingerprint density at radius 3 is 2.33 bits per heavy atom. The van der Waals surface area contributed by atoms with Crippen LogP contribution in [0.5, 0.6) is 0 Å². The zero-order chi connectivity index (χ0) is 16.3. The molecule has 0 aliphatic heterocycles. The van der Waals surface area contributed by atoms with Crippen LogP contribution in [0.1, 0.15) is 17.2 Å². The maximum atomic E-state index is 10.3. The summed E-state index contributed by atoms with van der Waals surface area (Å²) in [6.45, 7) is 0. The highest BCUT2D eigenvalue weighted by atomic mass is 16.3. The van der Waals surface area contributed by atoms with Gasteiger partial charge in [0, 0.05) is 0 Å². The van der Waals surface area contributed by atoms with Crippen molar-refractivity contribution in [1.82, 2.24) is 0 Å². The summed E-state index contributed by atoms with van der Waals surface area (Å²) in [6.07, 6.45) is 1.89. The lowest BCUT2D eigenvalue weighted by atomic mass is 9.86. The van der Waals surface area contributed by atoms with E-state index in [0.717, 1.165) is 21.9 Å². The van der Waals surface area contributed by atoms with E-state index in [4.69, 9.17) is 0 Å². The summed E-state index contributed by atoms with van der Waals surface area (Å²) in [5.74, 6) is 0. The van der Waals surface area contributed by atoms with E-state index >= 15 is 0 Å². The normalized spacial score (nSPS) is 19.9. The van der Waals surface area contributed by atoms with E-state index in [1.807, 2.05) is 18.2 Å². The minimum atomic E-state index is -0.870. The molecule has 0 radical (unpaired) electrons. The lowest BCUT2D eigenvalue weighted by Crippen LogP contribution is -2.19. The molecule has 24 heavy (non-hydrogen) atoms. The Labute approximate surface area is 139 Å². The van der Waals surface area contributed by atoms with Crippen LogP contribution in [-0.4, -0.2) is 16.3 Å². The van der Waals surface area contributed by atoms with Gasteiger partial charge in [0.2, 0.25) is 0 Å². The number of benzene rings is 4. The van der Waals surface area contributed by atoms with Crippen LogP contribution < -0.4 is 0 Å². The first-order valence-electron chi connectivity index (χ1n) is 8.15. The van der Waals surface area contributed by atoms with Gasteiger partial charge in [0.15, 0.2) is 0 Å². The molecule has 0 bridgehead atoms. The van der Waals surface area contributed by atoms with Crippen LogP contribution in [0.15, 0.2) is 66.7 Å². The number of rotatable bonds is 0. The molecule has 0 unspecified atom stereocenters. The molecule has 0 saturated heterocycles. The molecule has 116 valence electrons. The average Bonchev–Trinajstić information content (AvgIpc) is 2.63. The minimum Gasteiger partial charge on any atom is -0.386 e. The topological polar surface area (TPSA) is 40.5 Å². The first-order chi connectivity index (χ1) is 11.7. The zero-order valence-electron chi connectivity index (χ0n) is 13.0. The summed E-state index contributed by atoms with van der Waals surface area (Å²) in [6, 6.07) is 20.9. The van der Waals surface area contributed by atoms with Crippen molar-refractivity contribution in [2.75, 3.05) is 0 Å². The third kappa shape index (κ3) is 1.78. The first-order valence-corrected chi connectivity index (χ1v) is 8.15. The molecule has 2 heteroatoms. The highest BCUT2D eigenvalue weighted by molar-refractivity contribution is 6.19. The Balaban J connectivity index is 1.98. The highest BCUT2D eigenvalue weighted by Crippen LogP contribution is 2.38. The first kappa shape index (κ1) is 13.7. The second kappa shape index (κ2) is 4.91. The van der Waals surface area contributed by atoms with Crippen LogP contribution in [0.3, 0.4) is 0 Å². The average molecular weight is 312 g/mol. The Morgan fingerprint density at radius 1 is 0.667 bits per heavy atom. The quantitative estimate of drug-likeness (QED) is 0.467. The van der Waals surface area contributed by atoms with Crippen LogP contribution in [-0.2, 0) is 0 Å². The molecule has 1 aliphatic rings. The standard InChI is InChI=1S/C22H16O2/c23-20-12-11-18-19(22(20)24)10-7-14-6-8-16-15-4-2-1-3-13(15)5-9-17(16)21(14)18/h1-12,20,22-24H/t20-,22-/m1/s1. The molecular weight excluding hydrogens is 296 g/mol. The monoisotopic (exact) mass is 312 g/mol. The third-order valence-electron chi connectivity index (χ3n) is 5.08. The predicted octanol–water partition coefficient (Wildman–Crippen LogP) is 4.57. The van der Waals surface area contributed by atoms with Crippen molar-refractivity contribution in [2.24, 2.45) is 0 Å². The fourth-order valence-electron chi connectivity index (χ4n) is 3.88. The molecule has 0 fully saturated rings. The van der Waals surface area contributed by atoms with Gasteiger partial charge in [-0.15, -0.1) is 0 Å². The summed E-state index contributed by atoms with van der Waals surface area (Å²) >= 11 is 0. The van der Waals surface area contributed by atoms with Gasteiger partial charge >= 0.3 is 0 Å². The summed E-state index contributed by atoms with van der Waals surface area (Å²) in [4.78, 5) is 0. The summed E-state index contributed by atoms with van der Waals surface area (Å²) in [7, 11) is 0. The number of hydrogen-bond donors (Lipinski definition) is 2. The van der Waals surface area contributed by atoms with E-state index in [1.54, 1.807) is 6.08 Å². The number of aliphatic hydroxyl groups is 2. The molecule has 0 spiro atoms. The largest absolute Gasteiger partial charge is 0.386 e. The van der Waals surface area contributed by atoms with Gasteiger partial charge in [0.05, 0.1) is 0 Å². The molecule has 0 heterocycles. The van der Waals surface area contributed by atoms with E-state index < -0.39 is 12.2 Å². The Kier molecular flexibility index (Phi) is 2.81. The van der Waals surface area contributed by atoms with Crippen molar-refractivity contribution < 1.29 is 10.2 Å². The van der Waals surface area contributed by atoms with Gasteiger partial charge in [-0.2, -0.15) is 0 Å². The van der Waals surface area contributed by atoms with E-state index in [0.29, 0.717) is 0 Å². The van der Waals surface area contributed by atoms with Crippen LogP contribution in [0.25, 0.3) is 38.4 Å². The van der Waals surface area contributed by atoms with Crippen molar-refractivity contribution in [1.29, 1.82) is 0 Å². The van der Waals surface area contributed by atoms with Gasteiger partial charge < -0.3 is 10.2 Å². The SMILES string of the molecule is O[C@@H]1C=Cc2c(ccc3ccc4c5ccccc5ccc4c23)[C@H]1O. The highest BCUT2D eigenvalue weighted by Gasteiger charge is 2.24. The molecule has 0 amide bonds. The summed E-state index contributed by atoms with van der Waals surface area (Å²) in [5, 5.41) is 27.4. The van der Waals surface area contributed by atoms with Crippen LogP contribution in [0.4, 0.5) is 0 Å². The van der Waals surface area contributed by atoms with Gasteiger partial charge in [-0.05, 0) is 43.4 Å². The fourth-order valence-corrected chi connectivity index (χ4v) is 3.88. The molecule has 1 aliphatic carbocycles. The second-order valence-electron chi connectivity index (χ2n) is 6.41. The summed E-state index contributed by atoms with van der Waals surface area (Å²) < 4.78 is 0. The Bertz CT molecular complexity index is 1140. The molecule has 2 N–H and O–H groups in total. The van der Waals surface area contributed by atoms with Gasteiger partial charge in [-0.1, -0.05) is 72.8 Å². The Morgan fingerprint density at radius 2 is 1.42 bits per heavy atom. The lowest BCUT2D eigenvalue weighted by molar-refractivity contribution is 0.0471. The van der Waals surface area contributed by atoms with Crippen molar-refractivity contribution >= 4 is 38.4 Å². The van der Waals surface area contributed by atoms with Crippen molar-refractivity contribution in [3.05, 3.63) is 77.9 Å². The minimum absolute atomic E-state index is 0.790. The van der Waals surface area contributed by atoms with Crippen molar-refractivity contribution in [2.45, 2.75) is 12.2 Å².